The van der Waals surface area contributed by atoms with Crippen LogP contribution in [-0.4, -0.2) is 34.6 Å². The number of nitro benzene ring substituents is 1. The minimum Gasteiger partial charge on any atom is -0.461 e. The van der Waals surface area contributed by atoms with Gasteiger partial charge in [-0.2, -0.15) is 0 Å². The lowest BCUT2D eigenvalue weighted by Gasteiger charge is -2.10. The molecule has 1 N–H and O–H groups in total. The molecule has 0 atom stereocenters. The minimum atomic E-state index is -0.510. The van der Waals surface area contributed by atoms with E-state index in [9.17, 15) is 14.9 Å². The molecule has 0 aliphatic rings. The van der Waals surface area contributed by atoms with Crippen LogP contribution >= 0.6 is 0 Å². The number of fused-ring (bicyclic) bond motifs is 3. The summed E-state index contributed by atoms with van der Waals surface area (Å²) in [5.41, 5.74) is 2.41. The Labute approximate surface area is 176 Å². The maximum atomic E-state index is 12.4. The Morgan fingerprint density at radius 2 is 1.87 bits per heavy atom. The number of H-pyrrole nitrogens is 1. The van der Waals surface area contributed by atoms with Crippen molar-refractivity contribution in [2.24, 2.45) is 0 Å². The van der Waals surface area contributed by atoms with Crippen molar-refractivity contribution >= 4 is 33.5 Å². The molecule has 0 spiro atoms. The molecule has 2 aromatic carbocycles. The van der Waals surface area contributed by atoms with E-state index >= 15 is 0 Å². The number of carbonyl (C=O) groups excluding carboxylic acids is 1. The van der Waals surface area contributed by atoms with Gasteiger partial charge in [-0.25, -0.2) is 9.78 Å². The first-order chi connectivity index (χ1) is 15.0. The number of esters is 1. The molecule has 0 bridgehead atoms. The van der Waals surface area contributed by atoms with E-state index in [0.29, 0.717) is 17.1 Å². The van der Waals surface area contributed by atoms with Gasteiger partial charge in [0.2, 0.25) is 0 Å². The van der Waals surface area contributed by atoms with Crippen molar-refractivity contribution in [3.8, 4) is 11.5 Å². The van der Waals surface area contributed by atoms with Crippen LogP contribution in [-0.2, 0) is 16.1 Å². The predicted molar refractivity (Wildman–Crippen MR) is 113 cm³/mol. The fourth-order valence-corrected chi connectivity index (χ4v) is 3.43. The number of aromatic amines is 1. The van der Waals surface area contributed by atoms with Gasteiger partial charge < -0.3 is 19.2 Å². The number of benzene rings is 2. The average Bonchev–Trinajstić information content (AvgIpc) is 3.13. The monoisotopic (exact) mass is 421 g/mol. The molecule has 9 nitrogen and oxygen atoms in total. The van der Waals surface area contributed by atoms with E-state index in [1.165, 1.54) is 24.3 Å². The first kappa shape index (κ1) is 20.3. The van der Waals surface area contributed by atoms with Crippen molar-refractivity contribution in [2.75, 3.05) is 13.7 Å². The van der Waals surface area contributed by atoms with Gasteiger partial charge in [-0.05, 0) is 37.3 Å². The van der Waals surface area contributed by atoms with Crippen LogP contribution in [0.4, 0.5) is 5.69 Å². The molecule has 2 heterocycles. The predicted octanol–water partition coefficient (Wildman–Crippen LogP) is 4.74. The summed E-state index contributed by atoms with van der Waals surface area (Å²) in [6.07, 6.45) is 1.59. The Hall–Kier alpha value is -3.98. The standard InChI is InChI=1S/C22H19N3O6/c1-3-30-22(26)21-17(12-29-2)20-16-10-15(8-9-18(16)24-19(20)11-23-21)31-14-6-4-13(5-7-14)25(27)28/h4-11,24H,3,12H2,1-2H3. The van der Waals surface area contributed by atoms with Crippen molar-refractivity contribution in [1.29, 1.82) is 0 Å². The highest BCUT2D eigenvalue weighted by molar-refractivity contribution is 6.11. The fourth-order valence-electron chi connectivity index (χ4n) is 3.43. The summed E-state index contributed by atoms with van der Waals surface area (Å²) in [5.74, 6) is 0.500. The normalized spacial score (nSPS) is 11.0. The van der Waals surface area contributed by atoms with Crippen molar-refractivity contribution in [1.82, 2.24) is 9.97 Å². The number of aromatic nitrogens is 2. The molecule has 4 aromatic rings. The van der Waals surface area contributed by atoms with Gasteiger partial charge in [-0.1, -0.05) is 0 Å². The average molecular weight is 421 g/mol. The Kier molecular flexibility index (Phi) is 5.50. The molecule has 0 aliphatic carbocycles. The molecular weight excluding hydrogens is 402 g/mol. The van der Waals surface area contributed by atoms with Gasteiger partial charge >= 0.3 is 5.97 Å². The number of nitro groups is 1. The van der Waals surface area contributed by atoms with E-state index in [-0.39, 0.29) is 24.6 Å². The van der Waals surface area contributed by atoms with Crippen LogP contribution in [0.3, 0.4) is 0 Å². The Bertz CT molecular complexity index is 1280. The van der Waals surface area contributed by atoms with Crippen molar-refractivity contribution in [3.05, 3.63) is 70.0 Å². The molecule has 0 fully saturated rings. The summed E-state index contributed by atoms with van der Waals surface area (Å²) in [6.45, 7) is 2.16. The highest BCUT2D eigenvalue weighted by Crippen LogP contribution is 2.34. The van der Waals surface area contributed by atoms with Crippen LogP contribution in [0.25, 0.3) is 21.8 Å². The van der Waals surface area contributed by atoms with E-state index in [1.54, 1.807) is 26.3 Å². The molecule has 2 aromatic heterocycles. The molecule has 0 aliphatic heterocycles. The second-order valence-electron chi connectivity index (χ2n) is 6.71. The lowest BCUT2D eigenvalue weighted by Crippen LogP contribution is -2.11. The Balaban J connectivity index is 1.80. The number of nitrogens with one attached hydrogen (secondary N) is 1. The maximum Gasteiger partial charge on any atom is 0.357 e. The van der Waals surface area contributed by atoms with Gasteiger partial charge in [-0.15, -0.1) is 0 Å². The van der Waals surface area contributed by atoms with Gasteiger partial charge in [0.1, 0.15) is 11.5 Å². The largest absolute Gasteiger partial charge is 0.461 e. The molecule has 158 valence electrons. The quantitative estimate of drug-likeness (QED) is 0.260. The first-order valence-corrected chi connectivity index (χ1v) is 9.53. The van der Waals surface area contributed by atoms with Crippen LogP contribution in [0, 0.1) is 10.1 Å². The number of nitrogens with zero attached hydrogens (tertiary/aromatic N) is 2. The maximum absolute atomic E-state index is 12.4. The smallest absolute Gasteiger partial charge is 0.357 e. The van der Waals surface area contributed by atoms with E-state index in [0.717, 1.165) is 21.8 Å². The van der Waals surface area contributed by atoms with E-state index < -0.39 is 10.9 Å². The highest BCUT2D eigenvalue weighted by atomic mass is 16.6. The highest BCUT2D eigenvalue weighted by Gasteiger charge is 2.20. The van der Waals surface area contributed by atoms with E-state index in [4.69, 9.17) is 14.2 Å². The minimum absolute atomic E-state index is 0.0115. The number of hydrogen-bond donors (Lipinski definition) is 1. The summed E-state index contributed by atoms with van der Waals surface area (Å²) < 4.78 is 16.4. The second-order valence-corrected chi connectivity index (χ2v) is 6.71. The number of methoxy groups -OCH3 is 1. The number of non-ortho nitro benzene ring substituents is 1. The number of rotatable bonds is 7. The Morgan fingerprint density at radius 1 is 1.13 bits per heavy atom. The summed E-state index contributed by atoms with van der Waals surface area (Å²) in [7, 11) is 1.55. The van der Waals surface area contributed by atoms with Crippen LogP contribution in [0.2, 0.25) is 0 Å². The van der Waals surface area contributed by atoms with Crippen LogP contribution in [0.15, 0.2) is 48.7 Å². The number of pyridine rings is 1. The third-order valence-corrected chi connectivity index (χ3v) is 4.75. The molecule has 31 heavy (non-hydrogen) atoms. The molecule has 4 rings (SSSR count). The summed E-state index contributed by atoms with van der Waals surface area (Å²) >= 11 is 0. The molecule has 0 saturated heterocycles. The second kappa shape index (κ2) is 8.41. The van der Waals surface area contributed by atoms with Gasteiger partial charge in [0.05, 0.1) is 29.9 Å². The molecule has 0 radical (unpaired) electrons. The number of carbonyl (C=O) groups is 1. The lowest BCUT2D eigenvalue weighted by atomic mass is 10.1. The zero-order valence-electron chi connectivity index (χ0n) is 16.9. The van der Waals surface area contributed by atoms with Crippen LogP contribution in [0.1, 0.15) is 23.0 Å². The fraction of sp³-hybridized carbons (Fsp3) is 0.182. The third-order valence-electron chi connectivity index (χ3n) is 4.75. The molecule has 0 unspecified atom stereocenters. The van der Waals surface area contributed by atoms with Crippen molar-refractivity contribution in [2.45, 2.75) is 13.5 Å². The summed E-state index contributed by atoms with van der Waals surface area (Å²) in [4.78, 5) is 30.3. The van der Waals surface area contributed by atoms with Gasteiger partial charge in [0.25, 0.3) is 5.69 Å². The zero-order valence-corrected chi connectivity index (χ0v) is 16.9. The van der Waals surface area contributed by atoms with Crippen molar-refractivity contribution < 1.29 is 23.9 Å². The third kappa shape index (κ3) is 3.90. The van der Waals surface area contributed by atoms with Crippen molar-refractivity contribution in [3.63, 3.8) is 0 Å². The first-order valence-electron chi connectivity index (χ1n) is 9.53. The zero-order chi connectivity index (χ0) is 22.0. The Morgan fingerprint density at radius 3 is 2.55 bits per heavy atom. The topological polar surface area (TPSA) is 117 Å². The lowest BCUT2D eigenvalue weighted by molar-refractivity contribution is -0.384. The summed E-state index contributed by atoms with van der Waals surface area (Å²) in [6, 6.07) is 11.3. The SMILES string of the molecule is CCOC(=O)c1ncc2[nH]c3ccc(Oc4ccc([N+](=O)[O-])cc4)cc3c2c1COC. The van der Waals surface area contributed by atoms with Gasteiger partial charge in [-0.3, -0.25) is 10.1 Å². The molecule has 0 amide bonds. The van der Waals surface area contributed by atoms with E-state index in [1.807, 2.05) is 12.1 Å². The van der Waals surface area contributed by atoms with Gasteiger partial charge in [0.15, 0.2) is 5.69 Å². The van der Waals surface area contributed by atoms with E-state index in [2.05, 4.69) is 9.97 Å². The van der Waals surface area contributed by atoms with Gasteiger partial charge in [0, 0.05) is 41.1 Å². The number of ether oxygens (including phenoxy) is 3. The van der Waals surface area contributed by atoms with Crippen LogP contribution in [0.5, 0.6) is 11.5 Å². The van der Waals surface area contributed by atoms with Crippen LogP contribution < -0.4 is 4.74 Å². The number of hydrogen-bond acceptors (Lipinski definition) is 7. The molecule has 0 saturated carbocycles. The summed E-state index contributed by atoms with van der Waals surface area (Å²) in [5, 5.41) is 12.5. The molecule has 9 heteroatoms. The molecular formula is C22H19N3O6.